The minimum absolute atomic E-state index is 0.0725. The Balaban J connectivity index is 1.72. The minimum Gasteiger partial charge on any atom is -0.376 e. The summed E-state index contributed by atoms with van der Waals surface area (Å²) in [5.41, 5.74) is 1.83. The van der Waals surface area contributed by atoms with Gasteiger partial charge in [0.2, 0.25) is 5.43 Å². The number of carbonyl (C=O) groups is 1. The highest BCUT2D eigenvalue weighted by Gasteiger charge is 2.16. The number of carbonyl (C=O) groups excluding carboxylic acids is 1. The number of aryl methyl sites for hydroxylation is 1. The fraction of sp³-hybridized carbons (Fsp3) is 0.375. The highest BCUT2D eigenvalue weighted by molar-refractivity contribution is 5.92. The van der Waals surface area contributed by atoms with Crippen LogP contribution in [0.4, 0.5) is 10.5 Å². The third-order valence-corrected chi connectivity index (χ3v) is 3.89. The molecule has 6 heteroatoms. The number of pyridine rings is 1. The molecule has 0 saturated carbocycles. The van der Waals surface area contributed by atoms with Crippen LogP contribution in [-0.4, -0.2) is 30.3 Å². The molecule has 0 radical (unpaired) electrons. The van der Waals surface area contributed by atoms with Gasteiger partial charge in [0.25, 0.3) is 0 Å². The van der Waals surface area contributed by atoms with E-state index in [1.807, 2.05) is 19.1 Å². The van der Waals surface area contributed by atoms with E-state index in [1.54, 1.807) is 6.07 Å². The molecule has 1 fully saturated rings. The molecule has 2 amide bonds. The van der Waals surface area contributed by atoms with Crippen LogP contribution in [0, 0.1) is 6.92 Å². The van der Waals surface area contributed by atoms with Crippen molar-refractivity contribution in [2.75, 3.05) is 18.5 Å². The van der Waals surface area contributed by atoms with Crippen molar-refractivity contribution in [3.05, 3.63) is 40.2 Å². The zero-order valence-electron chi connectivity index (χ0n) is 12.4. The van der Waals surface area contributed by atoms with E-state index >= 15 is 0 Å². The first-order valence-electron chi connectivity index (χ1n) is 7.42. The predicted octanol–water partition coefficient (Wildman–Crippen LogP) is 2.14. The number of nitrogens with one attached hydrogen (secondary N) is 3. The number of fused-ring (bicyclic) bond motifs is 1. The molecule has 1 aromatic heterocycles. The van der Waals surface area contributed by atoms with Gasteiger partial charge >= 0.3 is 6.03 Å². The fourth-order valence-electron chi connectivity index (χ4n) is 2.67. The molecule has 3 rings (SSSR count). The number of benzene rings is 1. The topological polar surface area (TPSA) is 83.2 Å². The van der Waals surface area contributed by atoms with Crippen LogP contribution in [0.25, 0.3) is 10.9 Å². The Morgan fingerprint density at radius 2 is 2.32 bits per heavy atom. The van der Waals surface area contributed by atoms with Crippen molar-refractivity contribution in [1.82, 2.24) is 10.3 Å². The third-order valence-electron chi connectivity index (χ3n) is 3.89. The number of para-hydroxylation sites is 1. The molecule has 1 aliphatic heterocycles. The van der Waals surface area contributed by atoms with Crippen molar-refractivity contribution in [2.45, 2.75) is 25.9 Å². The van der Waals surface area contributed by atoms with Crippen molar-refractivity contribution in [1.29, 1.82) is 0 Å². The second-order valence-corrected chi connectivity index (χ2v) is 5.50. The van der Waals surface area contributed by atoms with Crippen LogP contribution in [0.1, 0.15) is 18.4 Å². The van der Waals surface area contributed by atoms with E-state index in [-0.39, 0.29) is 17.2 Å². The van der Waals surface area contributed by atoms with Gasteiger partial charge in [0, 0.05) is 24.7 Å². The van der Waals surface area contributed by atoms with Gasteiger partial charge in [-0.1, -0.05) is 12.1 Å². The maximum Gasteiger partial charge on any atom is 0.319 e. The molecule has 1 unspecified atom stereocenters. The molecule has 2 aromatic rings. The summed E-state index contributed by atoms with van der Waals surface area (Å²) in [6.45, 7) is 3.13. The number of amides is 2. The Morgan fingerprint density at radius 3 is 3.09 bits per heavy atom. The number of urea groups is 1. The standard InChI is InChI=1S/C16H19N3O3/c1-10-4-2-6-12-14(10)17-9-13(15(12)20)19-16(21)18-8-11-5-3-7-22-11/h2,4,6,9,11H,3,5,7-8H2,1H3,(H,17,20)(H2,18,19,21). The van der Waals surface area contributed by atoms with Crippen molar-refractivity contribution in [3.8, 4) is 0 Å². The number of ether oxygens (including phenoxy) is 1. The van der Waals surface area contributed by atoms with Crippen LogP contribution < -0.4 is 16.1 Å². The highest BCUT2D eigenvalue weighted by Crippen LogP contribution is 2.14. The Labute approximate surface area is 127 Å². The molecule has 1 aliphatic rings. The van der Waals surface area contributed by atoms with Gasteiger partial charge in [0.15, 0.2) is 0 Å². The van der Waals surface area contributed by atoms with Crippen LogP contribution in [0.15, 0.2) is 29.2 Å². The third kappa shape index (κ3) is 2.96. The minimum atomic E-state index is -0.395. The van der Waals surface area contributed by atoms with E-state index in [2.05, 4.69) is 15.6 Å². The number of anilines is 1. The van der Waals surface area contributed by atoms with Gasteiger partial charge in [0.1, 0.15) is 5.69 Å². The first-order valence-corrected chi connectivity index (χ1v) is 7.42. The zero-order valence-corrected chi connectivity index (χ0v) is 12.4. The summed E-state index contributed by atoms with van der Waals surface area (Å²) in [5.74, 6) is 0. The summed E-state index contributed by atoms with van der Waals surface area (Å²) < 4.78 is 5.44. The van der Waals surface area contributed by atoms with Crippen LogP contribution in [-0.2, 0) is 4.74 Å². The second-order valence-electron chi connectivity index (χ2n) is 5.50. The van der Waals surface area contributed by atoms with E-state index in [9.17, 15) is 9.59 Å². The lowest BCUT2D eigenvalue weighted by molar-refractivity contribution is 0.112. The Bertz CT molecular complexity index is 748. The van der Waals surface area contributed by atoms with Gasteiger partial charge in [-0.2, -0.15) is 0 Å². The molecule has 3 N–H and O–H groups in total. The number of H-pyrrole nitrogens is 1. The molecule has 0 spiro atoms. The summed E-state index contributed by atoms with van der Waals surface area (Å²) in [4.78, 5) is 27.3. The van der Waals surface area contributed by atoms with Gasteiger partial charge in [0.05, 0.1) is 11.6 Å². The van der Waals surface area contributed by atoms with Gasteiger partial charge in [-0.3, -0.25) is 4.79 Å². The smallest absolute Gasteiger partial charge is 0.319 e. The molecule has 1 saturated heterocycles. The number of hydrogen-bond donors (Lipinski definition) is 3. The SMILES string of the molecule is Cc1cccc2c(=O)c(NC(=O)NCC3CCCO3)c[nH]c12. The van der Waals surface area contributed by atoms with E-state index in [0.29, 0.717) is 11.9 Å². The van der Waals surface area contributed by atoms with Gasteiger partial charge in [-0.05, 0) is 31.4 Å². The lowest BCUT2D eigenvalue weighted by Gasteiger charge is -2.12. The molecule has 0 aliphatic carbocycles. The van der Waals surface area contributed by atoms with Crippen LogP contribution >= 0.6 is 0 Å². The largest absolute Gasteiger partial charge is 0.376 e. The maximum absolute atomic E-state index is 12.4. The van der Waals surface area contributed by atoms with Crippen molar-refractivity contribution in [2.24, 2.45) is 0 Å². The van der Waals surface area contributed by atoms with E-state index in [1.165, 1.54) is 6.20 Å². The summed E-state index contributed by atoms with van der Waals surface area (Å²) in [6.07, 6.45) is 3.58. The number of hydrogen-bond acceptors (Lipinski definition) is 3. The van der Waals surface area contributed by atoms with Crippen LogP contribution in [0.5, 0.6) is 0 Å². The molecule has 1 aromatic carbocycles. The fourth-order valence-corrected chi connectivity index (χ4v) is 2.67. The van der Waals surface area contributed by atoms with E-state index in [0.717, 1.165) is 30.5 Å². The molecule has 1 atom stereocenters. The zero-order chi connectivity index (χ0) is 15.5. The highest BCUT2D eigenvalue weighted by atomic mass is 16.5. The van der Waals surface area contributed by atoms with Crippen molar-refractivity contribution >= 4 is 22.6 Å². The van der Waals surface area contributed by atoms with E-state index in [4.69, 9.17) is 4.74 Å². The number of rotatable bonds is 3. The second kappa shape index (κ2) is 6.19. The quantitative estimate of drug-likeness (QED) is 0.812. The molecular formula is C16H19N3O3. The maximum atomic E-state index is 12.4. The molecule has 0 bridgehead atoms. The first-order chi connectivity index (χ1) is 10.6. The van der Waals surface area contributed by atoms with Crippen molar-refractivity contribution < 1.29 is 9.53 Å². The van der Waals surface area contributed by atoms with Crippen LogP contribution in [0.3, 0.4) is 0 Å². The molecule has 6 nitrogen and oxygen atoms in total. The predicted molar refractivity (Wildman–Crippen MR) is 85.3 cm³/mol. The normalized spacial score (nSPS) is 17.6. The summed E-state index contributed by atoms with van der Waals surface area (Å²) in [5, 5.41) is 5.89. The Kier molecular flexibility index (Phi) is 4.11. The Hall–Kier alpha value is -2.34. The lowest BCUT2D eigenvalue weighted by atomic mass is 10.1. The summed E-state index contributed by atoms with van der Waals surface area (Å²) in [6, 6.07) is 5.11. The average Bonchev–Trinajstić information content (AvgIpc) is 3.02. The Morgan fingerprint density at radius 1 is 1.45 bits per heavy atom. The first kappa shape index (κ1) is 14.6. The van der Waals surface area contributed by atoms with E-state index < -0.39 is 6.03 Å². The number of aromatic nitrogens is 1. The van der Waals surface area contributed by atoms with Gasteiger partial charge in [-0.25, -0.2) is 4.79 Å². The summed E-state index contributed by atoms with van der Waals surface area (Å²) in [7, 11) is 0. The molecular weight excluding hydrogens is 282 g/mol. The molecule has 22 heavy (non-hydrogen) atoms. The van der Waals surface area contributed by atoms with Gasteiger partial charge in [-0.15, -0.1) is 0 Å². The monoisotopic (exact) mass is 301 g/mol. The summed E-state index contributed by atoms with van der Waals surface area (Å²) >= 11 is 0. The van der Waals surface area contributed by atoms with Crippen molar-refractivity contribution in [3.63, 3.8) is 0 Å². The number of aromatic amines is 1. The lowest BCUT2D eigenvalue weighted by Crippen LogP contribution is -2.36. The van der Waals surface area contributed by atoms with Gasteiger partial charge < -0.3 is 20.4 Å². The molecule has 2 heterocycles. The average molecular weight is 301 g/mol. The molecule has 116 valence electrons. The van der Waals surface area contributed by atoms with Crippen LogP contribution in [0.2, 0.25) is 0 Å².